The van der Waals surface area contributed by atoms with Gasteiger partial charge in [0.2, 0.25) is 15.9 Å². The number of rotatable bonds is 3. The molecule has 1 saturated heterocycles. The van der Waals surface area contributed by atoms with Gasteiger partial charge in [-0.3, -0.25) is 4.79 Å². The van der Waals surface area contributed by atoms with E-state index in [1.807, 2.05) is 0 Å². The van der Waals surface area contributed by atoms with E-state index in [1.165, 1.54) is 12.1 Å². The van der Waals surface area contributed by atoms with Crippen molar-refractivity contribution in [2.45, 2.75) is 36.3 Å². The molecular weight excluding hydrogens is 318 g/mol. The van der Waals surface area contributed by atoms with Gasteiger partial charge < -0.3 is 15.4 Å². The third-order valence-corrected chi connectivity index (χ3v) is 5.38. The highest BCUT2D eigenvalue weighted by Gasteiger charge is 2.35. The van der Waals surface area contributed by atoms with Crippen molar-refractivity contribution in [3.8, 4) is 0 Å². The average molecular weight is 339 g/mol. The van der Waals surface area contributed by atoms with Crippen LogP contribution < -0.4 is 15.8 Å². The molecule has 0 radical (unpaired) electrons. The minimum Gasteiger partial charge on any atom is -0.375 e. The molecule has 0 bridgehead atoms. The highest BCUT2D eigenvalue weighted by molar-refractivity contribution is 7.89. The predicted molar refractivity (Wildman–Crippen MR) is 85.3 cm³/mol. The van der Waals surface area contributed by atoms with Gasteiger partial charge in [-0.1, -0.05) is 0 Å². The molecule has 2 fully saturated rings. The summed E-state index contributed by atoms with van der Waals surface area (Å²) in [7, 11) is -3.72. The Hall–Kier alpha value is -1.48. The Morgan fingerprint density at radius 3 is 2.70 bits per heavy atom. The van der Waals surface area contributed by atoms with Crippen molar-refractivity contribution in [3.63, 3.8) is 0 Å². The van der Waals surface area contributed by atoms with Gasteiger partial charge in [-0.25, -0.2) is 13.6 Å². The van der Waals surface area contributed by atoms with E-state index in [2.05, 4.69) is 10.6 Å². The molecular formula is C15H21N3O4S. The van der Waals surface area contributed by atoms with Crippen molar-refractivity contribution in [3.05, 3.63) is 24.3 Å². The van der Waals surface area contributed by atoms with Gasteiger partial charge in [0.1, 0.15) is 0 Å². The first-order chi connectivity index (χ1) is 10.9. The van der Waals surface area contributed by atoms with Crippen LogP contribution in [0.25, 0.3) is 0 Å². The van der Waals surface area contributed by atoms with Crippen LogP contribution in [0.1, 0.15) is 19.3 Å². The summed E-state index contributed by atoms with van der Waals surface area (Å²) >= 11 is 0. The fourth-order valence-electron chi connectivity index (χ4n) is 3.22. The summed E-state index contributed by atoms with van der Waals surface area (Å²) in [4.78, 5) is 12.4. The lowest BCUT2D eigenvalue weighted by molar-refractivity contribution is -0.123. The molecule has 4 N–H and O–H groups in total. The first-order valence-electron chi connectivity index (χ1n) is 7.72. The van der Waals surface area contributed by atoms with E-state index in [0.29, 0.717) is 5.69 Å². The SMILES string of the molecule is NS(=O)(=O)c1ccc(NC(=O)[C@H]2CC[C@H]3OCCN[C@@H]3C2)cc1. The minimum absolute atomic E-state index is 0.0274. The summed E-state index contributed by atoms with van der Waals surface area (Å²) in [6.07, 6.45) is 2.64. The zero-order valence-corrected chi connectivity index (χ0v) is 13.5. The summed E-state index contributed by atoms with van der Waals surface area (Å²) in [6.45, 7) is 1.55. The maximum atomic E-state index is 12.4. The lowest BCUT2D eigenvalue weighted by atomic mass is 9.82. The van der Waals surface area contributed by atoms with E-state index in [9.17, 15) is 13.2 Å². The van der Waals surface area contributed by atoms with E-state index in [-0.39, 0.29) is 28.9 Å². The number of anilines is 1. The molecule has 3 rings (SSSR count). The third-order valence-electron chi connectivity index (χ3n) is 4.45. The maximum absolute atomic E-state index is 12.4. The number of hydrogen-bond donors (Lipinski definition) is 3. The smallest absolute Gasteiger partial charge is 0.238 e. The van der Waals surface area contributed by atoms with Crippen LogP contribution in [0.15, 0.2) is 29.2 Å². The van der Waals surface area contributed by atoms with E-state index in [0.717, 1.165) is 32.4 Å². The molecule has 1 aromatic carbocycles. The number of primary sulfonamides is 1. The number of ether oxygens (including phenoxy) is 1. The number of hydrogen-bond acceptors (Lipinski definition) is 5. The highest BCUT2D eigenvalue weighted by Crippen LogP contribution is 2.29. The molecule has 1 aliphatic carbocycles. The molecule has 1 amide bonds. The number of benzene rings is 1. The van der Waals surface area contributed by atoms with Gasteiger partial charge >= 0.3 is 0 Å². The molecule has 0 spiro atoms. The van der Waals surface area contributed by atoms with Crippen molar-refractivity contribution < 1.29 is 17.9 Å². The zero-order valence-electron chi connectivity index (χ0n) is 12.7. The van der Waals surface area contributed by atoms with Crippen LogP contribution in [0.3, 0.4) is 0 Å². The average Bonchev–Trinajstić information content (AvgIpc) is 2.54. The van der Waals surface area contributed by atoms with Crippen LogP contribution >= 0.6 is 0 Å². The normalized spacial score (nSPS) is 28.0. The molecule has 126 valence electrons. The Balaban J connectivity index is 1.61. The monoisotopic (exact) mass is 339 g/mol. The van der Waals surface area contributed by atoms with Crippen molar-refractivity contribution in [2.75, 3.05) is 18.5 Å². The Morgan fingerprint density at radius 2 is 2.00 bits per heavy atom. The lowest BCUT2D eigenvalue weighted by Gasteiger charge is -2.39. The van der Waals surface area contributed by atoms with Crippen molar-refractivity contribution in [2.24, 2.45) is 11.1 Å². The number of nitrogens with one attached hydrogen (secondary N) is 2. The maximum Gasteiger partial charge on any atom is 0.238 e. The number of nitrogens with two attached hydrogens (primary N) is 1. The molecule has 3 atom stereocenters. The summed E-state index contributed by atoms with van der Waals surface area (Å²) in [6, 6.07) is 6.10. The van der Waals surface area contributed by atoms with E-state index >= 15 is 0 Å². The summed E-state index contributed by atoms with van der Waals surface area (Å²) in [5.74, 6) is -0.109. The van der Waals surface area contributed by atoms with Crippen LogP contribution in [0.2, 0.25) is 0 Å². The topological polar surface area (TPSA) is 111 Å². The molecule has 1 heterocycles. The van der Waals surface area contributed by atoms with Crippen molar-refractivity contribution in [1.82, 2.24) is 5.32 Å². The molecule has 23 heavy (non-hydrogen) atoms. The van der Waals surface area contributed by atoms with Crippen LogP contribution in [0.5, 0.6) is 0 Å². The molecule has 0 aromatic heterocycles. The van der Waals surface area contributed by atoms with Crippen molar-refractivity contribution in [1.29, 1.82) is 0 Å². The molecule has 1 aliphatic heterocycles. The Morgan fingerprint density at radius 1 is 1.26 bits per heavy atom. The number of amides is 1. The fourth-order valence-corrected chi connectivity index (χ4v) is 3.74. The predicted octanol–water partition coefficient (Wildman–Crippen LogP) is 0.430. The van der Waals surface area contributed by atoms with Gasteiger partial charge in [-0.15, -0.1) is 0 Å². The number of morpholine rings is 1. The minimum atomic E-state index is -3.72. The van der Waals surface area contributed by atoms with Crippen LogP contribution in [0, 0.1) is 5.92 Å². The van der Waals surface area contributed by atoms with E-state index in [1.54, 1.807) is 12.1 Å². The first kappa shape index (κ1) is 16.4. The standard InChI is InChI=1S/C15H21N3O4S/c16-23(20,21)12-4-2-11(3-5-12)18-15(19)10-1-6-14-13(9-10)17-7-8-22-14/h2-5,10,13-14,17H,1,6-9H2,(H,18,19)(H2,16,20,21)/t10-,13+,14+/m0/s1. The van der Waals surface area contributed by atoms with Gasteiger partial charge in [0.05, 0.1) is 17.6 Å². The molecule has 1 aromatic rings. The van der Waals surface area contributed by atoms with Gasteiger partial charge in [-0.2, -0.15) is 0 Å². The second-order valence-corrected chi connectivity index (χ2v) is 7.60. The molecule has 8 heteroatoms. The van der Waals surface area contributed by atoms with Gasteiger partial charge in [0.25, 0.3) is 0 Å². The molecule has 0 unspecified atom stereocenters. The number of fused-ring (bicyclic) bond motifs is 1. The third kappa shape index (κ3) is 3.89. The Labute approximate surface area is 135 Å². The van der Waals surface area contributed by atoms with Crippen LogP contribution in [-0.2, 0) is 19.6 Å². The van der Waals surface area contributed by atoms with Crippen LogP contribution in [0.4, 0.5) is 5.69 Å². The second kappa shape index (κ2) is 6.56. The lowest BCUT2D eigenvalue weighted by Crippen LogP contribution is -2.52. The highest BCUT2D eigenvalue weighted by atomic mass is 32.2. The second-order valence-electron chi connectivity index (χ2n) is 6.04. The number of carbonyl (C=O) groups is 1. The van der Waals surface area contributed by atoms with Gasteiger partial charge in [-0.05, 0) is 43.5 Å². The molecule has 2 aliphatic rings. The largest absolute Gasteiger partial charge is 0.375 e. The summed E-state index contributed by atoms with van der Waals surface area (Å²) in [5.41, 5.74) is 0.567. The van der Waals surface area contributed by atoms with Gasteiger partial charge in [0, 0.05) is 24.2 Å². The Kier molecular flexibility index (Phi) is 4.67. The van der Waals surface area contributed by atoms with E-state index in [4.69, 9.17) is 9.88 Å². The fraction of sp³-hybridized carbons (Fsp3) is 0.533. The number of sulfonamides is 1. The van der Waals surface area contributed by atoms with Crippen molar-refractivity contribution >= 4 is 21.6 Å². The first-order valence-corrected chi connectivity index (χ1v) is 9.27. The molecule has 1 saturated carbocycles. The Bertz CT molecular complexity index is 674. The number of carbonyl (C=O) groups excluding carboxylic acids is 1. The summed E-state index contributed by atoms with van der Waals surface area (Å²) in [5, 5.41) is 11.3. The summed E-state index contributed by atoms with van der Waals surface area (Å²) < 4.78 is 28.1. The van der Waals surface area contributed by atoms with E-state index < -0.39 is 10.0 Å². The molecule has 7 nitrogen and oxygen atoms in total. The van der Waals surface area contributed by atoms with Gasteiger partial charge in [0.15, 0.2) is 0 Å². The zero-order chi connectivity index (χ0) is 16.4. The van der Waals surface area contributed by atoms with Crippen LogP contribution in [-0.4, -0.2) is 39.6 Å². The quantitative estimate of drug-likeness (QED) is 0.739.